The first kappa shape index (κ1) is 12.2. The first-order valence-electron chi connectivity index (χ1n) is 3.95. The summed E-state index contributed by atoms with van der Waals surface area (Å²) < 4.78 is 1.37. The van der Waals surface area contributed by atoms with Gasteiger partial charge in [0.2, 0.25) is 0 Å². The van der Waals surface area contributed by atoms with Crippen LogP contribution in [0.2, 0.25) is 0 Å². The molecule has 0 bridgehead atoms. The lowest BCUT2D eigenvalue weighted by Gasteiger charge is -2.05. The van der Waals surface area contributed by atoms with Crippen molar-refractivity contribution in [1.82, 2.24) is 5.32 Å². The summed E-state index contributed by atoms with van der Waals surface area (Å²) in [6, 6.07) is 5.10. The minimum absolute atomic E-state index is 0.391. The Morgan fingerprint density at radius 2 is 2.00 bits per heavy atom. The minimum Gasteiger partial charge on any atom is -0.480 e. The van der Waals surface area contributed by atoms with Crippen molar-refractivity contribution in [3.63, 3.8) is 0 Å². The van der Waals surface area contributed by atoms with Gasteiger partial charge in [-0.3, -0.25) is 9.59 Å². The van der Waals surface area contributed by atoms with Crippen LogP contribution in [0, 0.1) is 0 Å². The summed E-state index contributed by atoms with van der Waals surface area (Å²) in [6.45, 7) is -0.391. The van der Waals surface area contributed by atoms with Crippen LogP contribution in [0.3, 0.4) is 0 Å². The van der Waals surface area contributed by atoms with Crippen LogP contribution in [0.25, 0.3) is 0 Å². The second-order valence-corrected chi connectivity index (χ2v) is 4.47. The fraction of sp³-hybridized carbons (Fsp3) is 0.111. The molecule has 0 heterocycles. The van der Waals surface area contributed by atoms with E-state index in [1.54, 1.807) is 18.2 Å². The van der Waals surface area contributed by atoms with Crippen LogP contribution in [-0.2, 0) is 4.79 Å². The van der Waals surface area contributed by atoms with Crippen LogP contribution in [0.15, 0.2) is 27.1 Å². The minimum atomic E-state index is -1.07. The number of carboxylic acids is 1. The number of halogens is 2. The van der Waals surface area contributed by atoms with Crippen molar-refractivity contribution in [1.29, 1.82) is 0 Å². The fourth-order valence-electron chi connectivity index (χ4n) is 0.923. The molecule has 0 aliphatic rings. The van der Waals surface area contributed by atoms with E-state index in [1.165, 1.54) is 0 Å². The summed E-state index contributed by atoms with van der Waals surface area (Å²) in [6.07, 6.45) is 0. The molecule has 0 radical (unpaired) electrons. The van der Waals surface area contributed by atoms with Gasteiger partial charge in [-0.15, -0.1) is 0 Å². The second-order valence-electron chi connectivity index (χ2n) is 2.70. The Balaban J connectivity index is 2.81. The lowest BCUT2D eigenvalue weighted by molar-refractivity contribution is -0.135. The highest BCUT2D eigenvalue weighted by molar-refractivity contribution is 9.11. The van der Waals surface area contributed by atoms with Gasteiger partial charge in [0.15, 0.2) is 0 Å². The smallest absolute Gasteiger partial charge is 0.322 e. The normalized spacial score (nSPS) is 9.73. The van der Waals surface area contributed by atoms with Crippen LogP contribution in [0.1, 0.15) is 10.4 Å². The average Bonchev–Trinajstić information content (AvgIpc) is 2.18. The number of benzene rings is 1. The molecule has 15 heavy (non-hydrogen) atoms. The maximum absolute atomic E-state index is 11.5. The Bertz CT molecular complexity index is 406. The summed E-state index contributed by atoms with van der Waals surface area (Å²) in [5.74, 6) is -1.50. The van der Waals surface area contributed by atoms with Crippen LogP contribution < -0.4 is 5.32 Å². The van der Waals surface area contributed by atoms with Gasteiger partial charge < -0.3 is 10.4 Å². The molecule has 0 saturated carbocycles. The van der Waals surface area contributed by atoms with E-state index in [0.717, 1.165) is 4.47 Å². The molecule has 0 fully saturated rings. The van der Waals surface area contributed by atoms with Gasteiger partial charge in [0, 0.05) is 8.95 Å². The van der Waals surface area contributed by atoms with Crippen molar-refractivity contribution in [3.8, 4) is 0 Å². The molecule has 1 aromatic carbocycles. The van der Waals surface area contributed by atoms with Gasteiger partial charge >= 0.3 is 5.97 Å². The summed E-state index contributed by atoms with van der Waals surface area (Å²) in [5.41, 5.74) is 0.394. The van der Waals surface area contributed by atoms with E-state index >= 15 is 0 Å². The number of rotatable bonds is 3. The number of hydrogen-bond acceptors (Lipinski definition) is 2. The van der Waals surface area contributed by atoms with E-state index < -0.39 is 18.4 Å². The maximum atomic E-state index is 11.5. The van der Waals surface area contributed by atoms with Crippen molar-refractivity contribution in [2.24, 2.45) is 0 Å². The van der Waals surface area contributed by atoms with Crippen molar-refractivity contribution in [2.75, 3.05) is 6.54 Å². The average molecular weight is 337 g/mol. The molecule has 0 aliphatic carbocycles. The lowest BCUT2D eigenvalue weighted by Crippen LogP contribution is -2.29. The number of hydrogen-bond donors (Lipinski definition) is 2. The standard InChI is InChI=1S/C9H7Br2NO3/c10-5-1-2-7(11)6(3-5)9(15)12-4-8(13)14/h1-3H,4H2,(H,12,15)(H,13,14). The van der Waals surface area contributed by atoms with Gasteiger partial charge in [0.05, 0.1) is 5.56 Å². The van der Waals surface area contributed by atoms with Gasteiger partial charge in [-0.05, 0) is 34.1 Å². The van der Waals surface area contributed by atoms with Gasteiger partial charge in [0.1, 0.15) is 6.54 Å². The topological polar surface area (TPSA) is 66.4 Å². The molecule has 0 atom stereocenters. The molecule has 6 heteroatoms. The zero-order valence-corrected chi connectivity index (χ0v) is 10.6. The van der Waals surface area contributed by atoms with Crippen LogP contribution in [-0.4, -0.2) is 23.5 Å². The number of carbonyl (C=O) groups excluding carboxylic acids is 1. The highest BCUT2D eigenvalue weighted by Gasteiger charge is 2.11. The predicted molar refractivity (Wildman–Crippen MR) is 61.8 cm³/mol. The molecular formula is C9H7Br2NO3. The number of carbonyl (C=O) groups is 2. The first-order valence-corrected chi connectivity index (χ1v) is 5.54. The summed E-state index contributed by atoms with van der Waals surface area (Å²) in [5, 5.41) is 10.7. The molecule has 1 aromatic rings. The quantitative estimate of drug-likeness (QED) is 0.887. The van der Waals surface area contributed by atoms with Gasteiger partial charge in [-0.25, -0.2) is 0 Å². The van der Waals surface area contributed by atoms with Gasteiger partial charge in [-0.2, -0.15) is 0 Å². The van der Waals surface area contributed by atoms with E-state index in [2.05, 4.69) is 37.2 Å². The third-order valence-electron chi connectivity index (χ3n) is 1.57. The van der Waals surface area contributed by atoms with Crippen LogP contribution >= 0.6 is 31.9 Å². The third kappa shape index (κ3) is 3.64. The number of amides is 1. The van der Waals surface area contributed by atoms with Gasteiger partial charge in [0.25, 0.3) is 5.91 Å². The first-order chi connectivity index (χ1) is 7.00. The SMILES string of the molecule is O=C(O)CNC(=O)c1cc(Br)ccc1Br. The maximum Gasteiger partial charge on any atom is 0.322 e. The zero-order chi connectivity index (χ0) is 11.4. The van der Waals surface area contributed by atoms with E-state index in [1.807, 2.05) is 0 Å². The molecular weight excluding hydrogens is 330 g/mol. The van der Waals surface area contributed by atoms with Crippen molar-refractivity contribution in [3.05, 3.63) is 32.7 Å². The summed E-state index contributed by atoms with van der Waals surface area (Å²) in [4.78, 5) is 21.7. The number of nitrogens with one attached hydrogen (secondary N) is 1. The highest BCUT2D eigenvalue weighted by atomic mass is 79.9. The molecule has 0 spiro atoms. The number of carboxylic acid groups (broad SMARTS) is 1. The molecule has 0 aliphatic heterocycles. The van der Waals surface area contributed by atoms with Gasteiger partial charge in [-0.1, -0.05) is 15.9 Å². The molecule has 1 rings (SSSR count). The zero-order valence-electron chi connectivity index (χ0n) is 7.46. The molecule has 2 N–H and O–H groups in total. The summed E-state index contributed by atoms with van der Waals surface area (Å²) >= 11 is 6.44. The van der Waals surface area contributed by atoms with Crippen LogP contribution in [0.5, 0.6) is 0 Å². The lowest BCUT2D eigenvalue weighted by atomic mass is 10.2. The number of aliphatic carboxylic acids is 1. The molecule has 80 valence electrons. The van der Waals surface area contributed by atoms with E-state index in [9.17, 15) is 9.59 Å². The molecule has 0 aromatic heterocycles. The predicted octanol–water partition coefficient (Wildman–Crippen LogP) is 2.03. The summed E-state index contributed by atoms with van der Waals surface area (Å²) in [7, 11) is 0. The Morgan fingerprint density at radius 3 is 2.60 bits per heavy atom. The Hall–Kier alpha value is -0.880. The molecule has 0 saturated heterocycles. The second kappa shape index (κ2) is 5.27. The molecule has 1 amide bonds. The third-order valence-corrected chi connectivity index (χ3v) is 2.76. The van der Waals surface area contributed by atoms with Crippen LogP contribution in [0.4, 0.5) is 0 Å². The van der Waals surface area contributed by atoms with E-state index in [4.69, 9.17) is 5.11 Å². The Morgan fingerprint density at radius 1 is 1.33 bits per heavy atom. The molecule has 0 unspecified atom stereocenters. The Kier molecular flexibility index (Phi) is 4.28. The van der Waals surface area contributed by atoms with Crippen molar-refractivity contribution >= 4 is 43.7 Å². The molecule has 4 nitrogen and oxygen atoms in total. The fourth-order valence-corrected chi connectivity index (χ4v) is 1.71. The van der Waals surface area contributed by atoms with Crippen molar-refractivity contribution in [2.45, 2.75) is 0 Å². The largest absolute Gasteiger partial charge is 0.480 e. The van der Waals surface area contributed by atoms with E-state index in [0.29, 0.717) is 10.0 Å². The highest BCUT2D eigenvalue weighted by Crippen LogP contribution is 2.21. The van der Waals surface area contributed by atoms with Crippen molar-refractivity contribution < 1.29 is 14.7 Å². The monoisotopic (exact) mass is 335 g/mol. The Labute approximate surface area is 103 Å². The van der Waals surface area contributed by atoms with E-state index in [-0.39, 0.29) is 0 Å².